The van der Waals surface area contributed by atoms with Crippen molar-refractivity contribution in [2.45, 2.75) is 12.1 Å². The molecule has 1 saturated heterocycles. The van der Waals surface area contributed by atoms with Crippen molar-refractivity contribution in [1.29, 1.82) is 0 Å². The lowest BCUT2D eigenvalue weighted by molar-refractivity contribution is -0.124. The lowest BCUT2D eigenvalue weighted by Gasteiger charge is -2.27. The number of carbonyl (C=O) groups excluding carboxylic acids is 2. The monoisotopic (exact) mass is 471 g/mol. The molecule has 5 aromatic rings. The van der Waals surface area contributed by atoms with Gasteiger partial charge in [-0.1, -0.05) is 24.3 Å². The van der Waals surface area contributed by atoms with Crippen LogP contribution in [0, 0.1) is 5.82 Å². The third kappa shape index (κ3) is 3.12. The Morgan fingerprint density at radius 3 is 2.63 bits per heavy atom. The van der Waals surface area contributed by atoms with Crippen LogP contribution in [0.4, 0.5) is 9.18 Å². The quantitative estimate of drug-likeness (QED) is 0.346. The number of urea groups is 1. The lowest BCUT2D eigenvalue weighted by Crippen LogP contribution is -2.47. The molecule has 1 aliphatic heterocycles. The molecule has 3 amide bonds. The number of fused-ring (bicyclic) bond motifs is 2. The van der Waals surface area contributed by atoms with Crippen molar-refractivity contribution in [2.24, 2.45) is 7.05 Å². The number of nitrogens with one attached hydrogen (secondary N) is 2. The van der Waals surface area contributed by atoms with E-state index in [4.69, 9.17) is 0 Å². The van der Waals surface area contributed by atoms with E-state index in [0.717, 1.165) is 5.56 Å². The number of aromatic hydroxyl groups is 1. The zero-order valence-electron chi connectivity index (χ0n) is 18.4. The van der Waals surface area contributed by atoms with Crippen molar-refractivity contribution in [1.82, 2.24) is 34.7 Å². The number of imide groups is 1. The molecule has 1 atom stereocenters. The van der Waals surface area contributed by atoms with E-state index in [0.29, 0.717) is 33.2 Å². The molecule has 35 heavy (non-hydrogen) atoms. The average Bonchev–Trinajstić information content (AvgIpc) is 3.48. The Balaban J connectivity index is 1.43. The predicted octanol–water partition coefficient (Wildman–Crippen LogP) is 2.56. The fourth-order valence-electron chi connectivity index (χ4n) is 4.56. The minimum atomic E-state index is -1.49. The molecule has 11 heteroatoms. The van der Waals surface area contributed by atoms with E-state index >= 15 is 0 Å². The molecule has 2 aromatic carbocycles. The summed E-state index contributed by atoms with van der Waals surface area (Å²) >= 11 is 0. The maximum absolute atomic E-state index is 13.7. The highest BCUT2D eigenvalue weighted by Crippen LogP contribution is 2.34. The molecule has 10 nitrogen and oxygen atoms in total. The highest BCUT2D eigenvalue weighted by atomic mass is 19.1. The van der Waals surface area contributed by atoms with Crippen molar-refractivity contribution < 1.29 is 19.1 Å². The Kier molecular flexibility index (Phi) is 4.37. The first-order chi connectivity index (χ1) is 16.9. The SMILES string of the molecule is Cn1cnc2c(-c3ccc([C@]4(Cn5cc6ccc(F)cc6c5O)NC(=O)NC4=O)cc3)ncnc21. The Morgan fingerprint density at radius 2 is 1.89 bits per heavy atom. The third-order valence-electron chi connectivity index (χ3n) is 6.32. The Labute approximate surface area is 197 Å². The summed E-state index contributed by atoms with van der Waals surface area (Å²) in [6.45, 7) is -0.107. The van der Waals surface area contributed by atoms with Crippen molar-refractivity contribution in [2.75, 3.05) is 0 Å². The molecular weight excluding hydrogens is 453 g/mol. The topological polar surface area (TPSA) is 127 Å². The number of aryl methyl sites for hydroxylation is 1. The number of benzene rings is 2. The fraction of sp³-hybridized carbons (Fsp3) is 0.125. The predicted molar refractivity (Wildman–Crippen MR) is 124 cm³/mol. The molecule has 0 spiro atoms. The van der Waals surface area contributed by atoms with Crippen LogP contribution in [0.25, 0.3) is 33.2 Å². The van der Waals surface area contributed by atoms with Crippen molar-refractivity contribution in [3.63, 3.8) is 0 Å². The van der Waals surface area contributed by atoms with E-state index in [1.807, 2.05) is 7.05 Å². The first kappa shape index (κ1) is 20.8. The van der Waals surface area contributed by atoms with E-state index in [2.05, 4.69) is 25.6 Å². The molecule has 3 aromatic heterocycles. The van der Waals surface area contributed by atoms with E-state index in [-0.39, 0.29) is 12.4 Å². The molecule has 3 N–H and O–H groups in total. The Morgan fingerprint density at radius 1 is 1.09 bits per heavy atom. The number of carbonyl (C=O) groups is 2. The Bertz CT molecular complexity index is 1660. The summed E-state index contributed by atoms with van der Waals surface area (Å²) < 4.78 is 16.9. The van der Waals surface area contributed by atoms with Gasteiger partial charge in [-0.25, -0.2) is 24.1 Å². The Hall–Kier alpha value is -4.80. The number of hydrogen-bond donors (Lipinski definition) is 3. The summed E-state index contributed by atoms with van der Waals surface area (Å²) in [6.07, 6.45) is 4.72. The zero-order chi connectivity index (χ0) is 24.3. The van der Waals surface area contributed by atoms with Crippen LogP contribution in [0.2, 0.25) is 0 Å². The molecule has 0 unspecified atom stereocenters. The molecule has 0 radical (unpaired) electrons. The van der Waals surface area contributed by atoms with Gasteiger partial charge in [0, 0.05) is 29.6 Å². The van der Waals surface area contributed by atoms with Gasteiger partial charge in [0.05, 0.1) is 12.9 Å². The second-order valence-electron chi connectivity index (χ2n) is 8.45. The van der Waals surface area contributed by atoms with Crippen molar-refractivity contribution in [3.05, 3.63) is 72.7 Å². The molecule has 0 bridgehead atoms. The zero-order valence-corrected chi connectivity index (χ0v) is 18.4. The molecule has 1 aliphatic rings. The second-order valence-corrected chi connectivity index (χ2v) is 8.45. The maximum atomic E-state index is 13.7. The second kappa shape index (κ2) is 7.35. The van der Waals surface area contributed by atoms with Crippen LogP contribution in [0.3, 0.4) is 0 Å². The van der Waals surface area contributed by atoms with Crippen LogP contribution < -0.4 is 10.6 Å². The van der Waals surface area contributed by atoms with E-state index < -0.39 is 23.3 Å². The highest BCUT2D eigenvalue weighted by Gasteiger charge is 2.48. The van der Waals surface area contributed by atoms with Crippen molar-refractivity contribution in [3.8, 4) is 17.1 Å². The molecule has 0 aliphatic carbocycles. The number of aromatic nitrogens is 5. The van der Waals surface area contributed by atoms with Gasteiger partial charge >= 0.3 is 6.03 Å². The van der Waals surface area contributed by atoms with Gasteiger partial charge in [0.2, 0.25) is 0 Å². The number of halogens is 1. The van der Waals surface area contributed by atoms with Gasteiger partial charge in [-0.05, 0) is 23.8 Å². The summed E-state index contributed by atoms with van der Waals surface area (Å²) in [5.74, 6) is -1.26. The first-order valence-electron chi connectivity index (χ1n) is 10.7. The molecule has 6 rings (SSSR count). The lowest BCUT2D eigenvalue weighted by atomic mass is 9.88. The number of amides is 3. The minimum absolute atomic E-state index is 0.107. The number of imidazole rings is 1. The fourth-order valence-corrected chi connectivity index (χ4v) is 4.56. The van der Waals surface area contributed by atoms with Crippen LogP contribution in [0.1, 0.15) is 5.56 Å². The van der Waals surface area contributed by atoms with Crippen molar-refractivity contribution >= 4 is 33.9 Å². The molecule has 4 heterocycles. The van der Waals surface area contributed by atoms with Crippen LogP contribution >= 0.6 is 0 Å². The van der Waals surface area contributed by atoms with Gasteiger partial charge in [0.25, 0.3) is 5.91 Å². The first-order valence-corrected chi connectivity index (χ1v) is 10.7. The van der Waals surface area contributed by atoms with E-state index in [1.165, 1.54) is 29.1 Å². The maximum Gasteiger partial charge on any atom is 0.322 e. The summed E-state index contributed by atoms with van der Waals surface area (Å²) in [5.41, 5.74) is 1.72. The summed E-state index contributed by atoms with van der Waals surface area (Å²) in [6, 6.07) is 10.4. The third-order valence-corrected chi connectivity index (χ3v) is 6.32. The van der Waals surface area contributed by atoms with Gasteiger partial charge in [0.1, 0.15) is 23.4 Å². The van der Waals surface area contributed by atoms with Crippen LogP contribution in [-0.4, -0.2) is 41.1 Å². The van der Waals surface area contributed by atoms with Crippen LogP contribution in [0.5, 0.6) is 5.88 Å². The normalized spacial score (nSPS) is 17.8. The number of rotatable bonds is 4. The van der Waals surface area contributed by atoms with Crippen LogP contribution in [-0.2, 0) is 23.9 Å². The molecule has 174 valence electrons. The molecule has 1 fully saturated rings. The summed E-state index contributed by atoms with van der Waals surface area (Å²) in [4.78, 5) is 38.2. The van der Waals surface area contributed by atoms with Gasteiger partial charge in [-0.2, -0.15) is 0 Å². The van der Waals surface area contributed by atoms with Crippen LogP contribution in [0.15, 0.2) is 61.3 Å². The number of hydrogen-bond acceptors (Lipinski definition) is 6. The highest BCUT2D eigenvalue weighted by molar-refractivity contribution is 6.07. The molecular formula is C24H18FN7O3. The average molecular weight is 471 g/mol. The van der Waals surface area contributed by atoms with Gasteiger partial charge in [-0.3, -0.25) is 10.1 Å². The summed E-state index contributed by atoms with van der Waals surface area (Å²) in [5, 5.41) is 16.6. The summed E-state index contributed by atoms with van der Waals surface area (Å²) in [7, 11) is 1.84. The number of nitrogens with zero attached hydrogens (tertiary/aromatic N) is 5. The molecule has 0 saturated carbocycles. The van der Waals surface area contributed by atoms with Gasteiger partial charge in [0.15, 0.2) is 17.1 Å². The van der Waals surface area contributed by atoms with Gasteiger partial charge < -0.3 is 19.6 Å². The largest absolute Gasteiger partial charge is 0.494 e. The minimum Gasteiger partial charge on any atom is -0.494 e. The van der Waals surface area contributed by atoms with Gasteiger partial charge in [-0.15, -0.1) is 0 Å². The van der Waals surface area contributed by atoms with E-state index in [1.54, 1.807) is 41.4 Å². The standard InChI is InChI=1S/C24H18FN7O3/c1-31-12-28-19-18(26-11-27-20(19)31)13-2-5-15(6-3-13)24(22(34)29-23(35)30-24)10-32-9-14-4-7-16(25)8-17(14)21(32)33/h2-9,11-12,33H,10H2,1H3,(H2,29,30,34,35)/t24-/m0/s1. The smallest absolute Gasteiger partial charge is 0.322 e. The van der Waals surface area contributed by atoms with E-state index in [9.17, 15) is 19.1 Å².